The predicted molar refractivity (Wildman–Crippen MR) is 105 cm³/mol. The van der Waals surface area contributed by atoms with Gasteiger partial charge in [0.1, 0.15) is 5.75 Å². The summed E-state index contributed by atoms with van der Waals surface area (Å²) in [5.74, 6) is 0.919. The highest BCUT2D eigenvalue weighted by atomic mass is 16.5. The molecule has 1 aliphatic carbocycles. The summed E-state index contributed by atoms with van der Waals surface area (Å²) < 4.78 is 5.19. The van der Waals surface area contributed by atoms with E-state index < -0.39 is 0 Å². The van der Waals surface area contributed by atoms with Crippen LogP contribution in [0.5, 0.6) is 5.75 Å². The molecule has 1 heterocycles. The first-order valence-corrected chi connectivity index (χ1v) is 10.1. The van der Waals surface area contributed by atoms with Crippen molar-refractivity contribution in [2.45, 2.75) is 44.6 Å². The van der Waals surface area contributed by atoms with E-state index in [1.807, 2.05) is 34.1 Å². The average Bonchev–Trinajstić information content (AvgIpc) is 2.75. The Balaban J connectivity index is 1.67. The molecule has 1 aliphatic heterocycles. The van der Waals surface area contributed by atoms with Crippen LogP contribution < -0.4 is 10.1 Å². The maximum absolute atomic E-state index is 13.2. The summed E-state index contributed by atoms with van der Waals surface area (Å²) in [5, 5.41) is 3.27. The zero-order valence-corrected chi connectivity index (χ0v) is 16.3. The van der Waals surface area contributed by atoms with Crippen molar-refractivity contribution in [3.8, 4) is 5.75 Å². The molecule has 3 rings (SSSR count). The Hall–Kier alpha value is -2.08. The van der Waals surface area contributed by atoms with Crippen LogP contribution >= 0.6 is 0 Å². The molecule has 0 bridgehead atoms. The lowest BCUT2D eigenvalue weighted by atomic mass is 9.93. The molecule has 27 heavy (non-hydrogen) atoms. The normalized spacial score (nSPS) is 18.2. The van der Waals surface area contributed by atoms with Gasteiger partial charge in [-0.1, -0.05) is 19.3 Å². The Morgan fingerprint density at radius 2 is 1.78 bits per heavy atom. The molecule has 6 nitrogen and oxygen atoms in total. The van der Waals surface area contributed by atoms with Crippen LogP contribution in [0.25, 0.3) is 0 Å². The van der Waals surface area contributed by atoms with Crippen molar-refractivity contribution >= 4 is 11.8 Å². The van der Waals surface area contributed by atoms with E-state index in [2.05, 4.69) is 5.32 Å². The van der Waals surface area contributed by atoms with Gasteiger partial charge in [-0.25, -0.2) is 0 Å². The average molecular weight is 373 g/mol. The molecule has 0 unspecified atom stereocenters. The molecular weight excluding hydrogens is 342 g/mol. The van der Waals surface area contributed by atoms with Crippen LogP contribution in [-0.4, -0.2) is 67.5 Å². The van der Waals surface area contributed by atoms with Crippen LogP contribution in [0.3, 0.4) is 0 Å². The van der Waals surface area contributed by atoms with E-state index in [0.717, 1.165) is 57.6 Å². The fourth-order valence-electron chi connectivity index (χ4n) is 4.03. The lowest BCUT2D eigenvalue weighted by Gasteiger charge is -2.35. The zero-order valence-electron chi connectivity index (χ0n) is 16.3. The fraction of sp³-hybridized carbons (Fsp3) is 0.619. The van der Waals surface area contributed by atoms with Gasteiger partial charge in [-0.15, -0.1) is 0 Å². The highest BCUT2D eigenvalue weighted by Gasteiger charge is 2.27. The highest BCUT2D eigenvalue weighted by molar-refractivity contribution is 5.94. The highest BCUT2D eigenvalue weighted by Crippen LogP contribution is 2.25. The molecule has 6 heteroatoms. The number of nitrogens with one attached hydrogen (secondary N) is 1. The van der Waals surface area contributed by atoms with Crippen LogP contribution in [0.2, 0.25) is 0 Å². The van der Waals surface area contributed by atoms with Crippen molar-refractivity contribution in [2.75, 3.05) is 39.8 Å². The van der Waals surface area contributed by atoms with E-state index in [1.165, 1.54) is 6.42 Å². The second kappa shape index (κ2) is 9.74. The smallest absolute Gasteiger partial charge is 0.254 e. The summed E-state index contributed by atoms with van der Waals surface area (Å²) in [6.07, 6.45) is 6.01. The Bertz CT molecular complexity index is 620. The number of carbonyl (C=O) groups excluding carboxylic acids is 2. The molecule has 148 valence electrons. The number of methoxy groups -OCH3 is 1. The number of hydrogen-bond acceptors (Lipinski definition) is 4. The Morgan fingerprint density at radius 3 is 2.41 bits per heavy atom. The third-order valence-corrected chi connectivity index (χ3v) is 5.65. The molecule has 0 aromatic heterocycles. The third kappa shape index (κ3) is 5.22. The first-order chi connectivity index (χ1) is 13.2. The molecule has 0 atom stereocenters. The van der Waals surface area contributed by atoms with Crippen molar-refractivity contribution in [1.29, 1.82) is 0 Å². The predicted octanol–water partition coefficient (Wildman–Crippen LogP) is 2.29. The first-order valence-electron chi connectivity index (χ1n) is 10.1. The number of amides is 2. The third-order valence-electron chi connectivity index (χ3n) is 5.65. The molecule has 2 aliphatic rings. The van der Waals surface area contributed by atoms with Crippen LogP contribution in [-0.2, 0) is 4.79 Å². The van der Waals surface area contributed by atoms with Crippen LogP contribution in [0, 0.1) is 0 Å². The summed E-state index contributed by atoms with van der Waals surface area (Å²) in [6.45, 7) is 3.72. The summed E-state index contributed by atoms with van der Waals surface area (Å²) in [6, 6.07) is 7.50. The van der Waals surface area contributed by atoms with Gasteiger partial charge in [-0.05, 0) is 37.1 Å². The molecule has 2 amide bonds. The van der Waals surface area contributed by atoms with Crippen molar-refractivity contribution in [3.05, 3.63) is 29.8 Å². The number of carbonyl (C=O) groups is 2. The summed E-state index contributed by atoms with van der Waals surface area (Å²) in [7, 11) is 1.62. The molecule has 0 radical (unpaired) electrons. The van der Waals surface area contributed by atoms with Gasteiger partial charge in [0, 0.05) is 50.7 Å². The van der Waals surface area contributed by atoms with E-state index in [0.29, 0.717) is 18.5 Å². The number of benzene rings is 1. The minimum absolute atomic E-state index is 0.0256. The molecule has 1 aromatic rings. The lowest BCUT2D eigenvalue weighted by Crippen LogP contribution is -2.48. The van der Waals surface area contributed by atoms with Gasteiger partial charge in [0.15, 0.2) is 0 Å². The van der Waals surface area contributed by atoms with Crippen molar-refractivity contribution in [3.63, 3.8) is 0 Å². The maximum atomic E-state index is 13.2. The minimum Gasteiger partial charge on any atom is -0.497 e. The minimum atomic E-state index is 0.0256. The van der Waals surface area contributed by atoms with Crippen LogP contribution in [0.4, 0.5) is 0 Å². The molecule has 1 N–H and O–H groups in total. The standard InChI is InChI=1S/C21H31N3O3/c1-27-19-9-7-17(8-10-19)21(26)24(18-5-3-2-4-6-18)14-11-20(25)23-15-12-22-13-16-23/h7-10,18,22H,2-6,11-16H2,1H3. The monoisotopic (exact) mass is 373 g/mol. The number of piperazine rings is 1. The molecular formula is C21H31N3O3. The second-order valence-corrected chi connectivity index (χ2v) is 7.40. The van der Waals surface area contributed by atoms with Crippen LogP contribution in [0.1, 0.15) is 48.9 Å². The summed E-state index contributed by atoms with van der Waals surface area (Å²) in [5.41, 5.74) is 0.663. The fourth-order valence-corrected chi connectivity index (χ4v) is 4.03. The summed E-state index contributed by atoms with van der Waals surface area (Å²) >= 11 is 0. The second-order valence-electron chi connectivity index (χ2n) is 7.40. The van der Waals surface area contributed by atoms with E-state index in [9.17, 15) is 9.59 Å². The van der Waals surface area contributed by atoms with E-state index >= 15 is 0 Å². The van der Waals surface area contributed by atoms with Gasteiger partial charge in [-0.2, -0.15) is 0 Å². The van der Waals surface area contributed by atoms with Gasteiger partial charge >= 0.3 is 0 Å². The molecule has 2 fully saturated rings. The van der Waals surface area contributed by atoms with Crippen molar-refractivity contribution in [2.24, 2.45) is 0 Å². The van der Waals surface area contributed by atoms with Crippen molar-refractivity contribution in [1.82, 2.24) is 15.1 Å². The van der Waals surface area contributed by atoms with Gasteiger partial charge in [0.25, 0.3) is 5.91 Å². The number of rotatable bonds is 6. The van der Waals surface area contributed by atoms with Gasteiger partial charge < -0.3 is 19.9 Å². The molecule has 1 saturated heterocycles. The first kappa shape index (κ1) is 19.7. The quantitative estimate of drug-likeness (QED) is 0.831. The number of nitrogens with zero attached hydrogens (tertiary/aromatic N) is 2. The Labute approximate surface area is 161 Å². The summed E-state index contributed by atoms with van der Waals surface area (Å²) in [4.78, 5) is 29.6. The topological polar surface area (TPSA) is 61.9 Å². The molecule has 1 aromatic carbocycles. The SMILES string of the molecule is COc1ccc(C(=O)N(CCC(=O)N2CCNCC2)C2CCCCC2)cc1. The van der Waals surface area contributed by atoms with E-state index in [-0.39, 0.29) is 17.9 Å². The zero-order chi connectivity index (χ0) is 19.1. The van der Waals surface area contributed by atoms with E-state index in [4.69, 9.17) is 4.74 Å². The molecule has 1 saturated carbocycles. The van der Waals surface area contributed by atoms with Crippen LogP contribution in [0.15, 0.2) is 24.3 Å². The van der Waals surface area contributed by atoms with E-state index in [1.54, 1.807) is 7.11 Å². The lowest BCUT2D eigenvalue weighted by molar-refractivity contribution is -0.132. The van der Waals surface area contributed by atoms with Gasteiger partial charge in [0.2, 0.25) is 5.91 Å². The molecule has 0 spiro atoms. The Kier molecular flexibility index (Phi) is 7.10. The largest absolute Gasteiger partial charge is 0.497 e. The Morgan fingerprint density at radius 1 is 1.11 bits per heavy atom. The number of ether oxygens (including phenoxy) is 1. The van der Waals surface area contributed by atoms with Gasteiger partial charge in [-0.3, -0.25) is 9.59 Å². The maximum Gasteiger partial charge on any atom is 0.254 e. The van der Waals surface area contributed by atoms with Gasteiger partial charge in [0.05, 0.1) is 7.11 Å². The number of hydrogen-bond donors (Lipinski definition) is 1. The van der Waals surface area contributed by atoms with Crippen molar-refractivity contribution < 1.29 is 14.3 Å².